The van der Waals surface area contributed by atoms with E-state index in [0.29, 0.717) is 18.9 Å². The average molecular weight is 364 g/mol. The number of aromatic nitrogens is 1. The average Bonchev–Trinajstić information content (AvgIpc) is 2.68. The zero-order valence-corrected chi connectivity index (χ0v) is 15.2. The van der Waals surface area contributed by atoms with Crippen molar-refractivity contribution in [3.8, 4) is 11.8 Å². The lowest BCUT2D eigenvalue weighted by Crippen LogP contribution is -2.58. The molecule has 2 atom stereocenters. The van der Waals surface area contributed by atoms with E-state index in [9.17, 15) is 14.9 Å². The Labute approximate surface area is 157 Å². The maximum atomic E-state index is 12.6. The second kappa shape index (κ2) is 7.87. The zero-order chi connectivity index (χ0) is 19.4. The Bertz CT molecular complexity index is 904. The number of nitro groups is 1. The third kappa shape index (κ3) is 4.06. The Morgan fingerprint density at radius 1 is 1.15 bits per heavy atom. The largest absolute Gasteiger partial charge is 0.344 e. The predicted molar refractivity (Wildman–Crippen MR) is 102 cm³/mol. The Kier molecular flexibility index (Phi) is 5.36. The number of nitrogens with zero attached hydrogens (tertiary/aromatic N) is 4. The highest BCUT2D eigenvalue weighted by molar-refractivity contribution is 5.94. The molecule has 2 unspecified atom stereocenters. The van der Waals surface area contributed by atoms with Gasteiger partial charge in [-0.05, 0) is 32.0 Å². The number of benzene rings is 1. The molecular weight excluding hydrogens is 344 g/mol. The van der Waals surface area contributed by atoms with Crippen LogP contribution in [0, 0.1) is 22.0 Å². The van der Waals surface area contributed by atoms with Crippen LogP contribution in [-0.4, -0.2) is 45.9 Å². The number of amides is 1. The molecule has 1 aliphatic rings. The summed E-state index contributed by atoms with van der Waals surface area (Å²) < 4.78 is 0. The van der Waals surface area contributed by atoms with Crippen LogP contribution >= 0.6 is 0 Å². The molecule has 2 aromatic rings. The van der Waals surface area contributed by atoms with E-state index in [0.717, 1.165) is 5.56 Å². The molecule has 1 saturated heterocycles. The molecule has 7 nitrogen and oxygen atoms in total. The van der Waals surface area contributed by atoms with Gasteiger partial charge in [0.2, 0.25) is 5.82 Å². The Morgan fingerprint density at radius 3 is 2.59 bits per heavy atom. The number of hydrogen-bond acceptors (Lipinski definition) is 5. The normalized spacial score (nSPS) is 19.2. The van der Waals surface area contributed by atoms with Crippen molar-refractivity contribution in [1.82, 2.24) is 9.88 Å². The van der Waals surface area contributed by atoms with Gasteiger partial charge in [0.1, 0.15) is 0 Å². The highest BCUT2D eigenvalue weighted by Crippen LogP contribution is 2.29. The van der Waals surface area contributed by atoms with E-state index in [4.69, 9.17) is 0 Å². The van der Waals surface area contributed by atoms with Gasteiger partial charge >= 0.3 is 5.69 Å². The first kappa shape index (κ1) is 18.4. The van der Waals surface area contributed by atoms with Gasteiger partial charge in [0.05, 0.1) is 4.92 Å². The first-order chi connectivity index (χ1) is 13.0. The van der Waals surface area contributed by atoms with Crippen LogP contribution in [0.2, 0.25) is 0 Å². The van der Waals surface area contributed by atoms with E-state index >= 15 is 0 Å². The number of hydrogen-bond donors (Lipinski definition) is 0. The summed E-state index contributed by atoms with van der Waals surface area (Å²) in [5.41, 5.74) is 0.759. The molecule has 0 N–H and O–H groups in total. The van der Waals surface area contributed by atoms with Crippen LogP contribution in [0.25, 0.3) is 0 Å². The topological polar surface area (TPSA) is 79.6 Å². The summed E-state index contributed by atoms with van der Waals surface area (Å²) in [5.74, 6) is 5.68. The zero-order valence-electron chi connectivity index (χ0n) is 15.2. The van der Waals surface area contributed by atoms with Gasteiger partial charge in [-0.2, -0.15) is 0 Å². The summed E-state index contributed by atoms with van der Waals surface area (Å²) in [5, 5.41) is 11.3. The lowest BCUT2D eigenvalue weighted by Gasteiger charge is -2.43. The van der Waals surface area contributed by atoms with Crippen LogP contribution in [0.5, 0.6) is 0 Å². The summed E-state index contributed by atoms with van der Waals surface area (Å²) in [4.78, 5) is 31.2. The minimum Gasteiger partial charge on any atom is -0.344 e. The highest BCUT2D eigenvalue weighted by atomic mass is 16.6. The summed E-state index contributed by atoms with van der Waals surface area (Å²) in [6.45, 7) is 4.72. The van der Waals surface area contributed by atoms with E-state index in [2.05, 4.69) is 16.8 Å². The second-order valence-electron chi connectivity index (χ2n) is 6.53. The van der Waals surface area contributed by atoms with E-state index in [1.54, 1.807) is 17.2 Å². The summed E-state index contributed by atoms with van der Waals surface area (Å²) in [6.07, 6.45) is 1.54. The summed E-state index contributed by atoms with van der Waals surface area (Å²) in [6, 6.07) is 12.1. The molecule has 1 aromatic carbocycles. The molecule has 2 heterocycles. The lowest BCUT2D eigenvalue weighted by molar-refractivity contribution is -0.384. The second-order valence-corrected chi connectivity index (χ2v) is 6.53. The van der Waals surface area contributed by atoms with E-state index in [1.165, 1.54) is 6.07 Å². The maximum absolute atomic E-state index is 12.6. The monoisotopic (exact) mass is 364 g/mol. The van der Waals surface area contributed by atoms with Gasteiger partial charge in [-0.15, -0.1) is 0 Å². The number of pyridine rings is 1. The van der Waals surface area contributed by atoms with Crippen LogP contribution in [-0.2, 0) is 4.79 Å². The minimum absolute atomic E-state index is 0.0276. The standard InChI is InChI=1S/C20H20N4O3/c1-15-14-23(20-18(24(26)27)9-6-12-21-20)16(2)13-22(15)19(25)11-10-17-7-4-3-5-8-17/h3-9,12,15-16H,13-14H2,1-2H3. The molecule has 1 fully saturated rings. The molecule has 7 heteroatoms. The summed E-state index contributed by atoms with van der Waals surface area (Å²) in [7, 11) is 0. The van der Waals surface area contributed by atoms with Crippen LogP contribution in [0.4, 0.5) is 11.5 Å². The molecule has 27 heavy (non-hydrogen) atoms. The van der Waals surface area contributed by atoms with Gasteiger partial charge in [0.15, 0.2) is 0 Å². The minimum atomic E-state index is -0.428. The fourth-order valence-corrected chi connectivity index (χ4v) is 3.18. The van der Waals surface area contributed by atoms with Crippen molar-refractivity contribution in [3.63, 3.8) is 0 Å². The van der Waals surface area contributed by atoms with E-state index in [1.807, 2.05) is 49.1 Å². The fraction of sp³-hybridized carbons (Fsp3) is 0.300. The van der Waals surface area contributed by atoms with Gasteiger partial charge in [-0.3, -0.25) is 14.9 Å². The van der Waals surface area contributed by atoms with Gasteiger partial charge < -0.3 is 9.80 Å². The Balaban J connectivity index is 1.77. The molecule has 0 bridgehead atoms. The molecule has 0 spiro atoms. The number of carbonyl (C=O) groups is 1. The molecule has 1 aromatic heterocycles. The predicted octanol–water partition coefficient (Wildman–Crippen LogP) is 2.47. The molecule has 0 saturated carbocycles. The van der Waals surface area contributed by atoms with Gasteiger partial charge in [0, 0.05) is 48.9 Å². The van der Waals surface area contributed by atoms with Crippen molar-refractivity contribution in [3.05, 3.63) is 64.3 Å². The Hall–Kier alpha value is -3.40. The third-order valence-electron chi connectivity index (χ3n) is 4.57. The highest BCUT2D eigenvalue weighted by Gasteiger charge is 2.34. The maximum Gasteiger partial charge on any atom is 0.311 e. The van der Waals surface area contributed by atoms with Crippen molar-refractivity contribution in [2.24, 2.45) is 0 Å². The molecule has 1 aliphatic heterocycles. The molecule has 0 radical (unpaired) electrons. The van der Waals surface area contributed by atoms with Crippen molar-refractivity contribution < 1.29 is 9.72 Å². The molecular formula is C20H20N4O3. The van der Waals surface area contributed by atoms with Crippen LogP contribution < -0.4 is 4.90 Å². The smallest absolute Gasteiger partial charge is 0.311 e. The van der Waals surface area contributed by atoms with Gasteiger partial charge in [-0.1, -0.05) is 24.1 Å². The van der Waals surface area contributed by atoms with E-state index in [-0.39, 0.29) is 23.7 Å². The first-order valence-electron chi connectivity index (χ1n) is 8.71. The van der Waals surface area contributed by atoms with Crippen molar-refractivity contribution in [2.75, 3.05) is 18.0 Å². The number of anilines is 1. The summed E-state index contributed by atoms with van der Waals surface area (Å²) >= 11 is 0. The molecule has 0 aliphatic carbocycles. The quantitative estimate of drug-likeness (QED) is 0.465. The lowest BCUT2D eigenvalue weighted by atomic mass is 10.1. The van der Waals surface area contributed by atoms with E-state index < -0.39 is 4.92 Å². The van der Waals surface area contributed by atoms with Crippen molar-refractivity contribution >= 4 is 17.4 Å². The van der Waals surface area contributed by atoms with Crippen molar-refractivity contribution in [2.45, 2.75) is 25.9 Å². The van der Waals surface area contributed by atoms with Crippen LogP contribution in [0.3, 0.4) is 0 Å². The third-order valence-corrected chi connectivity index (χ3v) is 4.57. The molecule has 138 valence electrons. The van der Waals surface area contributed by atoms with Crippen molar-refractivity contribution in [1.29, 1.82) is 0 Å². The van der Waals surface area contributed by atoms with Crippen LogP contribution in [0.15, 0.2) is 48.7 Å². The molecule has 3 rings (SSSR count). The molecule has 1 amide bonds. The number of rotatable bonds is 2. The number of carbonyl (C=O) groups excluding carboxylic acids is 1. The van der Waals surface area contributed by atoms with Gasteiger partial charge in [0.25, 0.3) is 5.91 Å². The SMILES string of the molecule is CC1CN(c2ncccc2[N+](=O)[O-])C(C)CN1C(=O)C#Cc1ccccc1. The van der Waals surface area contributed by atoms with Gasteiger partial charge in [-0.25, -0.2) is 4.98 Å². The van der Waals surface area contributed by atoms with Crippen LogP contribution in [0.1, 0.15) is 19.4 Å². The Morgan fingerprint density at radius 2 is 1.89 bits per heavy atom. The fourth-order valence-electron chi connectivity index (χ4n) is 3.18. The number of piperazine rings is 1. The first-order valence-corrected chi connectivity index (χ1v) is 8.71.